The minimum Gasteiger partial charge on any atom is -0.490 e. The smallest absolute Gasteiger partial charge is 0.137 e. The first kappa shape index (κ1) is 15.0. The van der Waals surface area contributed by atoms with Crippen LogP contribution in [0, 0.1) is 6.92 Å². The Balaban J connectivity index is 1.72. The maximum atomic E-state index is 6.16. The van der Waals surface area contributed by atoms with Crippen molar-refractivity contribution in [3.05, 3.63) is 35.7 Å². The number of nitrogens with two attached hydrogens (primary N) is 1. The van der Waals surface area contributed by atoms with Crippen molar-refractivity contribution in [1.82, 2.24) is 9.88 Å². The molecule has 0 spiro atoms. The van der Waals surface area contributed by atoms with Gasteiger partial charge in [0.05, 0.1) is 12.2 Å². The number of hydrogen-bond acceptors (Lipinski definition) is 4. The van der Waals surface area contributed by atoms with Gasteiger partial charge in [-0.3, -0.25) is 4.98 Å². The van der Waals surface area contributed by atoms with E-state index in [1.54, 1.807) is 11.8 Å². The third-order valence-corrected chi connectivity index (χ3v) is 3.71. The van der Waals surface area contributed by atoms with Gasteiger partial charge in [0.25, 0.3) is 0 Å². The van der Waals surface area contributed by atoms with E-state index >= 15 is 0 Å². The molecule has 2 heterocycles. The summed E-state index contributed by atoms with van der Waals surface area (Å²) >= 11 is 0. The Bertz CT molecular complexity index is 449. The molecule has 0 aliphatic carbocycles. The third-order valence-electron chi connectivity index (χ3n) is 3.71. The molecule has 0 bridgehead atoms. The summed E-state index contributed by atoms with van der Waals surface area (Å²) in [5.74, 6) is 0.801. The molecule has 1 fully saturated rings. The van der Waals surface area contributed by atoms with Gasteiger partial charge in [0.1, 0.15) is 12.4 Å². The molecule has 0 amide bonds. The fraction of sp³-hybridized carbons (Fsp3) is 0.562. The van der Waals surface area contributed by atoms with Gasteiger partial charge in [-0.2, -0.15) is 0 Å². The van der Waals surface area contributed by atoms with Gasteiger partial charge < -0.3 is 15.4 Å². The summed E-state index contributed by atoms with van der Waals surface area (Å²) in [6, 6.07) is 2.03. The van der Waals surface area contributed by atoms with Crippen LogP contribution >= 0.6 is 0 Å². The molecule has 1 aliphatic heterocycles. The second kappa shape index (κ2) is 7.41. The van der Waals surface area contributed by atoms with Gasteiger partial charge in [-0.15, -0.1) is 0 Å². The Morgan fingerprint density at radius 1 is 1.40 bits per heavy atom. The first-order chi connectivity index (χ1) is 9.67. The Hall–Kier alpha value is -1.39. The van der Waals surface area contributed by atoms with Crippen molar-refractivity contribution in [2.45, 2.75) is 32.7 Å². The molecule has 1 saturated heterocycles. The van der Waals surface area contributed by atoms with Crippen LogP contribution in [-0.2, 0) is 0 Å². The molecule has 1 aromatic heterocycles. The van der Waals surface area contributed by atoms with E-state index in [1.807, 2.05) is 19.2 Å². The maximum absolute atomic E-state index is 6.16. The molecule has 0 saturated carbocycles. The number of aromatic nitrogens is 1. The molecule has 1 aliphatic rings. The lowest BCUT2D eigenvalue weighted by Gasteiger charge is -2.30. The zero-order valence-electron chi connectivity index (χ0n) is 12.5. The molecule has 1 atom stereocenters. The summed E-state index contributed by atoms with van der Waals surface area (Å²) in [5.41, 5.74) is 8.83. The van der Waals surface area contributed by atoms with Gasteiger partial charge in [-0.1, -0.05) is 11.6 Å². The number of nitrogens with zero attached hydrogens (tertiary/aromatic N) is 2. The second-order valence-corrected chi connectivity index (χ2v) is 5.52. The summed E-state index contributed by atoms with van der Waals surface area (Å²) in [5, 5.41) is 0. The third kappa shape index (κ3) is 4.62. The first-order valence-electron chi connectivity index (χ1n) is 7.34. The predicted molar refractivity (Wildman–Crippen MR) is 81.9 cm³/mol. The van der Waals surface area contributed by atoms with Gasteiger partial charge in [-0.25, -0.2) is 0 Å². The van der Waals surface area contributed by atoms with Crippen molar-refractivity contribution in [2.24, 2.45) is 5.73 Å². The van der Waals surface area contributed by atoms with Gasteiger partial charge in [0.2, 0.25) is 0 Å². The Morgan fingerprint density at radius 3 is 2.80 bits per heavy atom. The highest BCUT2D eigenvalue weighted by Gasteiger charge is 2.16. The van der Waals surface area contributed by atoms with E-state index in [0.29, 0.717) is 6.61 Å². The molecular formula is C16H25N3O. The Morgan fingerprint density at radius 2 is 2.15 bits per heavy atom. The van der Waals surface area contributed by atoms with Gasteiger partial charge in [-0.05, 0) is 38.3 Å². The van der Waals surface area contributed by atoms with Crippen molar-refractivity contribution in [3.63, 3.8) is 0 Å². The minimum atomic E-state index is 0.0441. The van der Waals surface area contributed by atoms with Crippen LogP contribution in [0.25, 0.3) is 0 Å². The molecule has 1 aromatic rings. The van der Waals surface area contributed by atoms with Crippen molar-refractivity contribution in [2.75, 3.05) is 26.2 Å². The number of pyridine rings is 1. The normalized spacial score (nSPS) is 17.9. The number of ether oxygens (including phenoxy) is 1. The SMILES string of the molecule is CC=C1CCN(CC(N)COc2cncc(C)c2)CC1. The highest BCUT2D eigenvalue weighted by molar-refractivity contribution is 5.22. The average Bonchev–Trinajstić information content (AvgIpc) is 2.46. The lowest BCUT2D eigenvalue weighted by molar-refractivity contribution is 0.203. The molecular weight excluding hydrogens is 250 g/mol. The van der Waals surface area contributed by atoms with E-state index in [0.717, 1.165) is 30.9 Å². The van der Waals surface area contributed by atoms with Crippen LogP contribution in [0.4, 0.5) is 0 Å². The average molecular weight is 275 g/mol. The van der Waals surface area contributed by atoms with E-state index in [4.69, 9.17) is 10.5 Å². The van der Waals surface area contributed by atoms with Crippen LogP contribution in [0.15, 0.2) is 30.1 Å². The highest BCUT2D eigenvalue weighted by Crippen LogP contribution is 2.16. The number of allylic oxidation sites excluding steroid dienone is 1. The molecule has 4 nitrogen and oxygen atoms in total. The van der Waals surface area contributed by atoms with Gasteiger partial charge in [0.15, 0.2) is 0 Å². The molecule has 110 valence electrons. The highest BCUT2D eigenvalue weighted by atomic mass is 16.5. The Labute approximate surface area is 121 Å². The number of rotatable bonds is 5. The number of aryl methyl sites for hydroxylation is 1. The van der Waals surface area contributed by atoms with E-state index in [-0.39, 0.29) is 6.04 Å². The zero-order chi connectivity index (χ0) is 14.4. The minimum absolute atomic E-state index is 0.0441. The fourth-order valence-electron chi connectivity index (χ4n) is 2.51. The molecule has 0 radical (unpaired) electrons. The lowest BCUT2D eigenvalue weighted by atomic mass is 10.0. The van der Waals surface area contributed by atoms with E-state index < -0.39 is 0 Å². The number of likely N-dealkylation sites (tertiary alicyclic amines) is 1. The standard InChI is InChI=1S/C16H25N3O/c1-3-14-4-6-19(7-5-14)11-15(17)12-20-16-8-13(2)9-18-10-16/h3,8-10,15H,4-7,11-12,17H2,1-2H3. The van der Waals surface area contributed by atoms with Crippen LogP contribution in [0.2, 0.25) is 0 Å². The predicted octanol–water partition coefficient (Wildman–Crippen LogP) is 2.14. The van der Waals surface area contributed by atoms with Crippen molar-refractivity contribution >= 4 is 0 Å². The Kier molecular flexibility index (Phi) is 5.56. The topological polar surface area (TPSA) is 51.4 Å². The lowest BCUT2D eigenvalue weighted by Crippen LogP contribution is -2.43. The summed E-state index contributed by atoms with van der Waals surface area (Å²) in [6.45, 7) is 7.79. The monoisotopic (exact) mass is 275 g/mol. The fourth-order valence-corrected chi connectivity index (χ4v) is 2.51. The largest absolute Gasteiger partial charge is 0.490 e. The van der Waals surface area contributed by atoms with E-state index in [9.17, 15) is 0 Å². The van der Waals surface area contributed by atoms with E-state index in [1.165, 1.54) is 12.8 Å². The van der Waals surface area contributed by atoms with Gasteiger partial charge >= 0.3 is 0 Å². The van der Waals surface area contributed by atoms with Crippen molar-refractivity contribution in [1.29, 1.82) is 0 Å². The van der Waals surface area contributed by atoms with Crippen LogP contribution in [-0.4, -0.2) is 42.2 Å². The molecule has 20 heavy (non-hydrogen) atoms. The summed E-state index contributed by atoms with van der Waals surface area (Å²) in [7, 11) is 0. The number of hydrogen-bond donors (Lipinski definition) is 1. The summed E-state index contributed by atoms with van der Waals surface area (Å²) < 4.78 is 5.71. The summed E-state index contributed by atoms with van der Waals surface area (Å²) in [4.78, 5) is 6.54. The van der Waals surface area contributed by atoms with Crippen LogP contribution < -0.4 is 10.5 Å². The molecule has 4 heteroatoms. The summed E-state index contributed by atoms with van der Waals surface area (Å²) in [6.07, 6.45) is 8.14. The molecule has 0 aromatic carbocycles. The van der Waals surface area contributed by atoms with Crippen molar-refractivity contribution < 1.29 is 4.74 Å². The first-order valence-corrected chi connectivity index (χ1v) is 7.34. The van der Waals surface area contributed by atoms with E-state index in [2.05, 4.69) is 22.9 Å². The molecule has 2 rings (SSSR count). The molecule has 1 unspecified atom stereocenters. The van der Waals surface area contributed by atoms with Crippen LogP contribution in [0.5, 0.6) is 5.75 Å². The molecule has 2 N–H and O–H groups in total. The van der Waals surface area contributed by atoms with Crippen LogP contribution in [0.1, 0.15) is 25.3 Å². The maximum Gasteiger partial charge on any atom is 0.137 e. The van der Waals surface area contributed by atoms with Gasteiger partial charge in [0, 0.05) is 25.8 Å². The quantitative estimate of drug-likeness (QED) is 0.837. The zero-order valence-corrected chi connectivity index (χ0v) is 12.5. The van der Waals surface area contributed by atoms with Crippen LogP contribution in [0.3, 0.4) is 0 Å². The van der Waals surface area contributed by atoms with Crippen molar-refractivity contribution in [3.8, 4) is 5.75 Å². The number of piperidine rings is 1. The second-order valence-electron chi connectivity index (χ2n) is 5.52.